The van der Waals surface area contributed by atoms with E-state index >= 15 is 0 Å². The molecule has 0 saturated heterocycles. The van der Waals surface area contributed by atoms with Gasteiger partial charge in [0.15, 0.2) is 5.75 Å². The van der Waals surface area contributed by atoms with Gasteiger partial charge in [-0.05, 0) is 0 Å². The second kappa shape index (κ2) is 6.57. The summed E-state index contributed by atoms with van der Waals surface area (Å²) in [6, 6.07) is 2.21. The van der Waals surface area contributed by atoms with Crippen LogP contribution < -0.4 is 9.88 Å². The van der Waals surface area contributed by atoms with Gasteiger partial charge in [0.05, 0.1) is 27.3 Å². The van der Waals surface area contributed by atoms with E-state index in [1.165, 1.54) is 0 Å². The van der Waals surface area contributed by atoms with Crippen LogP contribution >= 0.6 is 23.2 Å². The number of sulfonamides is 1. The molecule has 0 aliphatic heterocycles. The largest absolute Gasteiger partial charge is 0.490 e. The van der Waals surface area contributed by atoms with Crippen LogP contribution in [0.4, 0.5) is 5.69 Å². The van der Waals surface area contributed by atoms with Crippen LogP contribution in [-0.4, -0.2) is 25.7 Å². The van der Waals surface area contributed by atoms with Gasteiger partial charge < -0.3 is 4.74 Å². The fourth-order valence-electron chi connectivity index (χ4n) is 1.46. The lowest BCUT2D eigenvalue weighted by Crippen LogP contribution is -2.25. The molecule has 0 aliphatic carbocycles. The zero-order chi connectivity index (χ0) is 15.5. The van der Waals surface area contributed by atoms with Crippen LogP contribution in [0.1, 0.15) is 6.92 Å². The molecule has 20 heavy (non-hydrogen) atoms. The number of halogens is 2. The van der Waals surface area contributed by atoms with E-state index in [1.807, 2.05) is 0 Å². The number of nitrogens with two attached hydrogens (primary N) is 1. The van der Waals surface area contributed by atoms with Crippen molar-refractivity contribution in [1.82, 2.24) is 0 Å². The fraction of sp³-hybridized carbons (Fsp3) is 0.400. The standard InChI is InChI=1S/C10H12Cl2N2O5S/c1-6(5-20(13,17)18)4-19-10-8(11)2-7(14(15)16)3-9(10)12/h2-3,6H,4-5H2,1H3,(H2,13,17,18). The quantitative estimate of drug-likeness (QED) is 0.628. The van der Waals surface area contributed by atoms with Crippen molar-refractivity contribution in [3.63, 3.8) is 0 Å². The van der Waals surface area contributed by atoms with Gasteiger partial charge in [-0.15, -0.1) is 0 Å². The summed E-state index contributed by atoms with van der Waals surface area (Å²) < 4.78 is 27.1. The highest BCUT2D eigenvalue weighted by atomic mass is 35.5. The third-order valence-electron chi connectivity index (χ3n) is 2.22. The lowest BCUT2D eigenvalue weighted by Gasteiger charge is -2.14. The smallest absolute Gasteiger partial charge is 0.272 e. The molecule has 10 heteroatoms. The number of non-ortho nitro benzene ring substituents is 1. The summed E-state index contributed by atoms with van der Waals surface area (Å²) in [7, 11) is -3.60. The van der Waals surface area contributed by atoms with Gasteiger partial charge in [0.2, 0.25) is 10.0 Å². The molecule has 0 fully saturated rings. The predicted molar refractivity (Wildman–Crippen MR) is 75.7 cm³/mol. The number of ether oxygens (including phenoxy) is 1. The maximum atomic E-state index is 10.9. The monoisotopic (exact) mass is 342 g/mol. The molecule has 0 spiro atoms. The highest BCUT2D eigenvalue weighted by molar-refractivity contribution is 7.89. The van der Waals surface area contributed by atoms with E-state index in [0.717, 1.165) is 12.1 Å². The van der Waals surface area contributed by atoms with Crippen molar-refractivity contribution >= 4 is 38.9 Å². The Labute approximate surface area is 125 Å². The summed E-state index contributed by atoms with van der Waals surface area (Å²) in [5, 5.41) is 15.5. The molecule has 7 nitrogen and oxygen atoms in total. The molecule has 0 radical (unpaired) electrons. The maximum absolute atomic E-state index is 10.9. The number of nitro benzene ring substituents is 1. The van der Waals surface area contributed by atoms with Gasteiger partial charge in [0.25, 0.3) is 5.69 Å². The van der Waals surface area contributed by atoms with Crippen LogP contribution in [0.5, 0.6) is 5.75 Å². The van der Waals surface area contributed by atoms with Crippen molar-refractivity contribution in [2.45, 2.75) is 6.92 Å². The number of rotatable bonds is 6. The zero-order valence-corrected chi connectivity index (χ0v) is 12.7. The molecule has 0 aliphatic rings. The van der Waals surface area contributed by atoms with Crippen LogP contribution in [0.3, 0.4) is 0 Å². The molecule has 1 rings (SSSR count). The van der Waals surface area contributed by atoms with E-state index in [1.54, 1.807) is 6.92 Å². The molecular formula is C10H12Cl2N2O5S. The summed E-state index contributed by atoms with van der Waals surface area (Å²) in [5.41, 5.74) is -0.259. The molecule has 112 valence electrons. The Morgan fingerprint density at radius 3 is 2.30 bits per heavy atom. The van der Waals surface area contributed by atoms with Gasteiger partial charge in [0, 0.05) is 18.1 Å². The van der Waals surface area contributed by atoms with E-state index in [2.05, 4.69) is 0 Å². The van der Waals surface area contributed by atoms with Crippen LogP contribution in [0.25, 0.3) is 0 Å². The molecule has 1 aromatic rings. The molecule has 1 aromatic carbocycles. The van der Waals surface area contributed by atoms with Crippen molar-refractivity contribution in [3.8, 4) is 5.75 Å². The van der Waals surface area contributed by atoms with E-state index in [9.17, 15) is 18.5 Å². The minimum atomic E-state index is -3.60. The molecule has 0 aromatic heterocycles. The number of hydrogen-bond acceptors (Lipinski definition) is 5. The molecule has 0 heterocycles. The second-order valence-corrected chi connectivity index (χ2v) is 6.71. The van der Waals surface area contributed by atoms with Gasteiger partial charge >= 0.3 is 0 Å². The second-order valence-electron chi connectivity index (χ2n) is 4.24. The minimum absolute atomic E-state index is 0.00762. The Balaban J connectivity index is 2.81. The normalized spacial score (nSPS) is 13.0. The lowest BCUT2D eigenvalue weighted by atomic mass is 10.2. The number of nitro groups is 1. The van der Waals surface area contributed by atoms with Crippen molar-refractivity contribution < 1.29 is 18.1 Å². The number of hydrogen-bond donors (Lipinski definition) is 1. The first-order valence-electron chi connectivity index (χ1n) is 5.37. The van der Waals surface area contributed by atoms with Crippen LogP contribution in [0.15, 0.2) is 12.1 Å². The first-order valence-corrected chi connectivity index (χ1v) is 7.84. The first kappa shape index (κ1) is 17.0. The van der Waals surface area contributed by atoms with Crippen molar-refractivity contribution in [2.24, 2.45) is 11.1 Å². The molecule has 0 bridgehead atoms. The van der Waals surface area contributed by atoms with E-state index in [0.29, 0.717) is 0 Å². The molecule has 0 amide bonds. The van der Waals surface area contributed by atoms with E-state index in [-0.39, 0.29) is 39.8 Å². The third kappa shape index (κ3) is 5.12. The molecule has 1 unspecified atom stereocenters. The average Bonchev–Trinajstić information content (AvgIpc) is 2.24. The Morgan fingerprint density at radius 2 is 1.90 bits per heavy atom. The van der Waals surface area contributed by atoms with Crippen molar-refractivity contribution in [3.05, 3.63) is 32.3 Å². The van der Waals surface area contributed by atoms with Gasteiger partial charge in [-0.3, -0.25) is 10.1 Å². The number of nitrogens with zero attached hydrogens (tertiary/aromatic N) is 1. The van der Waals surface area contributed by atoms with Gasteiger partial charge in [-0.2, -0.15) is 0 Å². The molecular weight excluding hydrogens is 331 g/mol. The predicted octanol–water partition coefficient (Wildman–Crippen LogP) is 2.21. The summed E-state index contributed by atoms with van der Waals surface area (Å²) in [5.74, 6) is -0.567. The van der Waals surface area contributed by atoms with Crippen molar-refractivity contribution in [1.29, 1.82) is 0 Å². The van der Waals surface area contributed by atoms with E-state index in [4.69, 9.17) is 33.1 Å². The van der Waals surface area contributed by atoms with Crippen LogP contribution in [0.2, 0.25) is 10.0 Å². The zero-order valence-electron chi connectivity index (χ0n) is 10.4. The number of primary sulfonamides is 1. The van der Waals surface area contributed by atoms with E-state index < -0.39 is 14.9 Å². The van der Waals surface area contributed by atoms with Gasteiger partial charge in [0.1, 0.15) is 0 Å². The SMILES string of the molecule is CC(COc1c(Cl)cc([N+](=O)[O-])cc1Cl)CS(N)(=O)=O. The summed E-state index contributed by atoms with van der Waals surface area (Å²) in [4.78, 5) is 9.97. The lowest BCUT2D eigenvalue weighted by molar-refractivity contribution is -0.384. The van der Waals surface area contributed by atoms with Gasteiger partial charge in [-0.1, -0.05) is 30.1 Å². The summed E-state index contributed by atoms with van der Waals surface area (Å²) in [6.45, 7) is 1.63. The average molecular weight is 343 g/mol. The van der Waals surface area contributed by atoms with Crippen LogP contribution in [-0.2, 0) is 10.0 Å². The maximum Gasteiger partial charge on any atom is 0.272 e. The highest BCUT2D eigenvalue weighted by Gasteiger charge is 2.18. The minimum Gasteiger partial charge on any atom is -0.490 e. The number of benzene rings is 1. The topological polar surface area (TPSA) is 113 Å². The van der Waals surface area contributed by atoms with Crippen LogP contribution in [0, 0.1) is 16.0 Å². The fourth-order valence-corrected chi connectivity index (χ4v) is 2.93. The first-order chi connectivity index (χ1) is 9.10. The van der Waals surface area contributed by atoms with Gasteiger partial charge in [-0.25, -0.2) is 13.6 Å². The van der Waals surface area contributed by atoms with Crippen molar-refractivity contribution in [2.75, 3.05) is 12.4 Å². The third-order valence-corrected chi connectivity index (χ3v) is 3.82. The Hall–Kier alpha value is -1.09. The molecule has 2 N–H and O–H groups in total. The molecule has 0 saturated carbocycles. The highest BCUT2D eigenvalue weighted by Crippen LogP contribution is 2.36. The summed E-state index contributed by atoms with van der Waals surface area (Å²) in [6.07, 6.45) is 0. The molecule has 1 atom stereocenters. The Bertz CT molecular complexity index is 597. The Morgan fingerprint density at radius 1 is 1.40 bits per heavy atom. The Kier molecular flexibility index (Phi) is 5.58. The summed E-state index contributed by atoms with van der Waals surface area (Å²) >= 11 is 11.7.